The molecule has 3 rings (SSSR count). The molecule has 1 unspecified atom stereocenters. The lowest BCUT2D eigenvalue weighted by atomic mass is 10.1. The molecule has 0 spiro atoms. The zero-order chi connectivity index (χ0) is 30.4. The Morgan fingerprint density at radius 1 is 0.927 bits per heavy atom. The van der Waals surface area contributed by atoms with Gasteiger partial charge in [0.25, 0.3) is 27.5 Å². The van der Waals surface area contributed by atoms with Crippen LogP contribution in [0.4, 0.5) is 11.4 Å². The molecule has 5 N–H and O–H groups in total. The molecule has 17 heteroatoms. The monoisotopic (exact) mass is 658 g/mol. The van der Waals surface area contributed by atoms with Gasteiger partial charge in [0.15, 0.2) is 5.11 Å². The molecule has 2 amide bonds. The summed E-state index contributed by atoms with van der Waals surface area (Å²) in [5.74, 6) is -1.54. The van der Waals surface area contributed by atoms with Crippen molar-refractivity contribution in [1.82, 2.24) is 20.9 Å². The van der Waals surface area contributed by atoms with Gasteiger partial charge in [0.05, 0.1) is 21.1 Å². The molecular formula is C24H21Cl3N6O6S2. The minimum absolute atomic E-state index is 0.00334. The summed E-state index contributed by atoms with van der Waals surface area (Å²) in [6.45, 7) is 1.80. The van der Waals surface area contributed by atoms with Gasteiger partial charge in [-0.25, -0.2) is 8.42 Å². The number of amides is 2. The number of thiocarbonyl (C=S) groups is 1. The normalized spacial score (nSPS) is 12.1. The third-order valence-corrected chi connectivity index (χ3v) is 7.41. The number of hydrogen-bond donors (Lipinski definition) is 5. The van der Waals surface area contributed by atoms with Gasteiger partial charge in [-0.2, -0.15) is 0 Å². The zero-order valence-corrected chi connectivity index (χ0v) is 24.8. The van der Waals surface area contributed by atoms with Gasteiger partial charge < -0.3 is 16.0 Å². The van der Waals surface area contributed by atoms with E-state index in [1.165, 1.54) is 36.4 Å². The van der Waals surface area contributed by atoms with E-state index in [4.69, 9.17) is 47.0 Å². The van der Waals surface area contributed by atoms with Crippen LogP contribution in [-0.4, -0.2) is 40.2 Å². The minimum atomic E-state index is -4.05. The van der Waals surface area contributed by atoms with Gasteiger partial charge >= 0.3 is 0 Å². The van der Waals surface area contributed by atoms with Gasteiger partial charge in [-0.15, -0.1) is 4.83 Å². The number of sulfonamides is 1. The van der Waals surface area contributed by atoms with Gasteiger partial charge in [0, 0.05) is 17.7 Å². The molecule has 1 atom stereocenters. The molecule has 0 aromatic heterocycles. The fourth-order valence-electron chi connectivity index (χ4n) is 3.19. The molecule has 0 saturated carbocycles. The van der Waals surface area contributed by atoms with Crippen LogP contribution >= 0.6 is 47.0 Å². The summed E-state index contributed by atoms with van der Waals surface area (Å²) in [6, 6.07) is 16.8. The predicted molar refractivity (Wildman–Crippen MR) is 159 cm³/mol. The van der Waals surface area contributed by atoms with Crippen molar-refractivity contribution in [3.8, 4) is 0 Å². The second-order valence-corrected chi connectivity index (χ2v) is 12.7. The van der Waals surface area contributed by atoms with Crippen molar-refractivity contribution in [2.24, 2.45) is 0 Å². The molecule has 0 radical (unpaired) electrons. The topological polar surface area (TPSA) is 172 Å². The number of aryl methyl sites for hydroxylation is 1. The quantitative estimate of drug-likeness (QED) is 0.0750. The summed E-state index contributed by atoms with van der Waals surface area (Å²) < 4.78 is 22.9. The molecule has 41 heavy (non-hydrogen) atoms. The number of non-ortho nitro benzene ring substituents is 1. The van der Waals surface area contributed by atoms with E-state index in [0.29, 0.717) is 0 Å². The average Bonchev–Trinajstić information content (AvgIpc) is 2.91. The largest absolute Gasteiger partial charge is 0.339 e. The highest BCUT2D eigenvalue weighted by atomic mass is 35.6. The molecule has 0 aliphatic carbocycles. The lowest BCUT2D eigenvalue weighted by Crippen LogP contribution is -2.56. The number of hydrogen-bond acceptors (Lipinski definition) is 7. The SMILES string of the molecule is Cc1ccc(S(=O)(=O)NNC(=O)c2ccccc2NC(=S)NC(NC(=O)c2ccc([N+](=O)[O-])cc2)C(Cl)(Cl)Cl)cc1. The molecule has 0 aliphatic heterocycles. The van der Waals surface area contributed by atoms with Crippen LogP contribution in [0.15, 0.2) is 77.7 Å². The summed E-state index contributed by atoms with van der Waals surface area (Å²) in [5, 5.41) is 18.5. The van der Waals surface area contributed by atoms with Crippen LogP contribution in [0.25, 0.3) is 0 Å². The van der Waals surface area contributed by atoms with Crippen molar-refractivity contribution >= 4 is 85.3 Å². The number of carbonyl (C=O) groups is 2. The Hall–Kier alpha value is -3.53. The first-order valence-electron chi connectivity index (χ1n) is 11.3. The third-order valence-electron chi connectivity index (χ3n) is 5.27. The number of nitrogens with one attached hydrogen (secondary N) is 5. The highest BCUT2D eigenvalue weighted by Gasteiger charge is 2.35. The van der Waals surface area contributed by atoms with Gasteiger partial charge in [-0.1, -0.05) is 64.6 Å². The Bertz CT molecular complexity index is 1570. The fourth-order valence-corrected chi connectivity index (χ4v) is 4.58. The van der Waals surface area contributed by atoms with Crippen molar-refractivity contribution in [3.63, 3.8) is 0 Å². The number of halogens is 3. The first kappa shape index (κ1) is 32.0. The molecule has 3 aromatic rings. The number of nitro benzene ring substituents is 1. The van der Waals surface area contributed by atoms with E-state index < -0.39 is 36.7 Å². The van der Waals surface area contributed by atoms with Crippen LogP contribution in [0.2, 0.25) is 0 Å². The van der Waals surface area contributed by atoms with Crippen LogP contribution in [-0.2, 0) is 10.0 Å². The summed E-state index contributed by atoms with van der Waals surface area (Å²) >= 11 is 23.3. The Balaban J connectivity index is 1.68. The molecule has 216 valence electrons. The average molecular weight is 660 g/mol. The Morgan fingerprint density at radius 2 is 1.54 bits per heavy atom. The molecule has 0 bridgehead atoms. The number of para-hydroxylation sites is 1. The number of benzene rings is 3. The molecule has 0 heterocycles. The molecule has 3 aromatic carbocycles. The summed E-state index contributed by atoms with van der Waals surface area (Å²) in [6.07, 6.45) is -1.39. The maximum Gasteiger partial charge on any atom is 0.269 e. The minimum Gasteiger partial charge on any atom is -0.339 e. The zero-order valence-electron chi connectivity index (χ0n) is 20.9. The van der Waals surface area contributed by atoms with E-state index in [1.807, 2.05) is 4.83 Å². The van der Waals surface area contributed by atoms with Gasteiger partial charge in [-0.05, 0) is 55.5 Å². The summed E-state index contributed by atoms with van der Waals surface area (Å²) in [4.78, 5) is 37.7. The van der Waals surface area contributed by atoms with Crippen molar-refractivity contribution in [2.75, 3.05) is 5.32 Å². The predicted octanol–water partition coefficient (Wildman–Crippen LogP) is 3.94. The van der Waals surface area contributed by atoms with Crippen LogP contribution in [0.5, 0.6) is 0 Å². The maximum atomic E-state index is 12.8. The number of anilines is 1. The fraction of sp³-hybridized carbons (Fsp3) is 0.125. The molecule has 12 nitrogen and oxygen atoms in total. The Labute approximate surface area is 254 Å². The second kappa shape index (κ2) is 13.4. The van der Waals surface area contributed by atoms with Crippen LogP contribution in [0.1, 0.15) is 26.3 Å². The summed E-state index contributed by atoms with van der Waals surface area (Å²) in [7, 11) is -4.05. The van der Waals surface area contributed by atoms with Crippen molar-refractivity contribution < 1.29 is 22.9 Å². The highest BCUT2D eigenvalue weighted by molar-refractivity contribution is 7.89. The lowest BCUT2D eigenvalue weighted by Gasteiger charge is -2.28. The molecular weight excluding hydrogens is 639 g/mol. The van der Waals surface area contributed by atoms with Crippen molar-refractivity contribution in [1.29, 1.82) is 0 Å². The Morgan fingerprint density at radius 3 is 2.12 bits per heavy atom. The number of nitrogens with zero attached hydrogens (tertiary/aromatic N) is 1. The van der Waals surface area contributed by atoms with Gasteiger partial charge in [0.2, 0.25) is 3.79 Å². The van der Waals surface area contributed by atoms with E-state index in [2.05, 4.69) is 21.4 Å². The number of hydrazine groups is 1. The van der Waals surface area contributed by atoms with E-state index in [1.54, 1.807) is 31.2 Å². The first-order valence-corrected chi connectivity index (χ1v) is 14.4. The number of rotatable bonds is 9. The first-order chi connectivity index (χ1) is 19.2. The van der Waals surface area contributed by atoms with Gasteiger partial charge in [-0.3, -0.25) is 25.1 Å². The number of carbonyl (C=O) groups excluding carboxylic acids is 2. The molecule has 0 aliphatic rings. The maximum absolute atomic E-state index is 12.8. The second-order valence-electron chi connectivity index (χ2n) is 8.27. The van der Waals surface area contributed by atoms with E-state index in [9.17, 15) is 28.1 Å². The molecule has 0 fully saturated rings. The Kier molecular flexibility index (Phi) is 10.5. The smallest absolute Gasteiger partial charge is 0.269 e. The highest BCUT2D eigenvalue weighted by Crippen LogP contribution is 2.29. The molecule has 0 saturated heterocycles. The van der Waals surface area contributed by atoms with Crippen LogP contribution in [0, 0.1) is 17.0 Å². The van der Waals surface area contributed by atoms with Gasteiger partial charge in [0.1, 0.15) is 6.17 Å². The van der Waals surface area contributed by atoms with Crippen LogP contribution in [0.3, 0.4) is 0 Å². The third kappa shape index (κ3) is 8.98. The van der Waals surface area contributed by atoms with E-state index >= 15 is 0 Å². The number of alkyl halides is 3. The standard InChI is InChI=1S/C24H21Cl3N6O6S2/c1-14-6-12-17(13-7-14)41(38,39)32-31-21(35)18-4-2-3-5-19(18)28-23(40)30-22(24(25,26)27)29-20(34)15-8-10-16(11-9-15)33(36)37/h2-13,22,32H,1H3,(H,29,34)(H,31,35)(H2,28,30,40). The van der Waals surface area contributed by atoms with Crippen molar-refractivity contribution in [2.45, 2.75) is 21.8 Å². The number of nitro groups is 1. The lowest BCUT2D eigenvalue weighted by molar-refractivity contribution is -0.384. The van der Waals surface area contributed by atoms with Crippen LogP contribution < -0.4 is 26.2 Å². The van der Waals surface area contributed by atoms with Crippen molar-refractivity contribution in [3.05, 3.63) is 99.6 Å². The van der Waals surface area contributed by atoms with E-state index in [0.717, 1.165) is 17.7 Å². The summed E-state index contributed by atoms with van der Waals surface area (Å²) in [5.41, 5.74) is 3.00. The van der Waals surface area contributed by atoms with E-state index in [-0.39, 0.29) is 32.5 Å².